The molecule has 0 bridgehead atoms. The zero-order valence-corrected chi connectivity index (χ0v) is 16.3. The molecule has 0 spiro atoms. The van der Waals surface area contributed by atoms with Crippen molar-refractivity contribution in [3.63, 3.8) is 0 Å². The zero-order valence-electron chi connectivity index (χ0n) is 16.3. The molecule has 5 heteroatoms. The summed E-state index contributed by atoms with van der Waals surface area (Å²) in [7, 11) is 0. The Hall–Kier alpha value is -1.88. The second kappa shape index (κ2) is 9.72. The van der Waals surface area contributed by atoms with E-state index in [1.165, 1.54) is 6.42 Å². The Morgan fingerprint density at radius 2 is 1.77 bits per heavy atom. The van der Waals surface area contributed by atoms with Gasteiger partial charge in [0.1, 0.15) is 0 Å². The lowest BCUT2D eigenvalue weighted by Gasteiger charge is -2.30. The van der Waals surface area contributed by atoms with Crippen molar-refractivity contribution in [3.8, 4) is 0 Å². The number of amides is 1. The number of ether oxygens (including phenoxy) is 2. The molecule has 144 valence electrons. The van der Waals surface area contributed by atoms with Crippen LogP contribution in [0.3, 0.4) is 0 Å². The van der Waals surface area contributed by atoms with Gasteiger partial charge in [0, 0.05) is 6.04 Å². The fraction of sp³-hybridized carbons (Fsp3) is 0.619. The van der Waals surface area contributed by atoms with E-state index in [0.717, 1.165) is 24.8 Å². The Morgan fingerprint density at radius 1 is 1.12 bits per heavy atom. The number of benzene rings is 1. The summed E-state index contributed by atoms with van der Waals surface area (Å²) in [6, 6.07) is 7.27. The molecule has 5 nitrogen and oxygen atoms in total. The predicted molar refractivity (Wildman–Crippen MR) is 101 cm³/mol. The lowest BCUT2D eigenvalue weighted by molar-refractivity contribution is -0.130. The van der Waals surface area contributed by atoms with E-state index >= 15 is 0 Å². The van der Waals surface area contributed by atoms with Crippen molar-refractivity contribution in [1.82, 2.24) is 5.32 Å². The molecule has 0 saturated heterocycles. The van der Waals surface area contributed by atoms with Crippen molar-refractivity contribution in [2.45, 2.75) is 78.2 Å². The van der Waals surface area contributed by atoms with Crippen LogP contribution in [0, 0.1) is 5.92 Å². The van der Waals surface area contributed by atoms with Gasteiger partial charge in [-0.15, -0.1) is 0 Å². The van der Waals surface area contributed by atoms with Crippen LogP contribution < -0.4 is 5.32 Å². The van der Waals surface area contributed by atoms with Crippen molar-refractivity contribution in [3.05, 3.63) is 35.4 Å². The number of hydrogen-bond donors (Lipinski definition) is 1. The van der Waals surface area contributed by atoms with Crippen molar-refractivity contribution < 1.29 is 19.1 Å². The molecule has 26 heavy (non-hydrogen) atoms. The van der Waals surface area contributed by atoms with Gasteiger partial charge in [0.25, 0.3) is 5.91 Å². The summed E-state index contributed by atoms with van der Waals surface area (Å²) in [6.07, 6.45) is 3.83. The Morgan fingerprint density at radius 3 is 2.38 bits per heavy atom. The van der Waals surface area contributed by atoms with Crippen molar-refractivity contribution in [1.29, 1.82) is 0 Å². The standard InChI is InChI=1S/C21H31NO4/c1-14(2)25-13-17-9-11-18(12-10-17)21(24)26-16(4)20(23)22-19-8-6-5-7-15(19)3/h9-12,14-16,19H,5-8,13H2,1-4H3,(H,22,23)/t15-,16+,19+/m0/s1. The van der Waals surface area contributed by atoms with E-state index in [1.54, 1.807) is 19.1 Å². The van der Waals surface area contributed by atoms with Gasteiger partial charge in [-0.2, -0.15) is 0 Å². The van der Waals surface area contributed by atoms with Gasteiger partial charge in [0.2, 0.25) is 0 Å². The first-order valence-corrected chi connectivity index (χ1v) is 9.58. The molecule has 3 atom stereocenters. The van der Waals surface area contributed by atoms with Crippen LogP contribution in [-0.4, -0.2) is 30.1 Å². The van der Waals surface area contributed by atoms with Crippen LogP contribution >= 0.6 is 0 Å². The van der Waals surface area contributed by atoms with Gasteiger partial charge < -0.3 is 14.8 Å². The molecule has 1 aromatic rings. The molecule has 1 aliphatic rings. The quantitative estimate of drug-likeness (QED) is 0.749. The van der Waals surface area contributed by atoms with Crippen LogP contribution in [0.2, 0.25) is 0 Å². The van der Waals surface area contributed by atoms with E-state index in [9.17, 15) is 9.59 Å². The molecule has 2 rings (SSSR count). The Kier molecular flexibility index (Phi) is 7.64. The van der Waals surface area contributed by atoms with Crippen LogP contribution in [0.1, 0.15) is 69.3 Å². The van der Waals surface area contributed by atoms with E-state index in [1.807, 2.05) is 26.0 Å². The topological polar surface area (TPSA) is 64.6 Å². The number of hydrogen-bond acceptors (Lipinski definition) is 4. The molecule has 1 N–H and O–H groups in total. The van der Waals surface area contributed by atoms with Crippen molar-refractivity contribution >= 4 is 11.9 Å². The van der Waals surface area contributed by atoms with Crippen molar-refractivity contribution in [2.24, 2.45) is 5.92 Å². The summed E-state index contributed by atoms with van der Waals surface area (Å²) in [5.74, 6) is -0.240. The first kappa shape index (κ1) is 20.4. The third-order valence-corrected chi connectivity index (χ3v) is 4.87. The molecule has 0 aromatic heterocycles. The molecule has 1 aromatic carbocycles. The molecule has 0 aliphatic heterocycles. The summed E-state index contributed by atoms with van der Waals surface area (Å²) in [6.45, 7) is 8.24. The molecule has 1 saturated carbocycles. The highest BCUT2D eigenvalue weighted by Crippen LogP contribution is 2.23. The highest BCUT2D eigenvalue weighted by molar-refractivity contribution is 5.92. The van der Waals surface area contributed by atoms with E-state index in [2.05, 4.69) is 12.2 Å². The van der Waals surface area contributed by atoms with Gasteiger partial charge in [-0.05, 0) is 57.2 Å². The van der Waals surface area contributed by atoms with E-state index in [4.69, 9.17) is 9.47 Å². The number of nitrogens with one attached hydrogen (secondary N) is 1. The van der Waals surface area contributed by atoms with Gasteiger partial charge in [-0.25, -0.2) is 4.79 Å². The summed E-state index contributed by atoms with van der Waals surface area (Å²) >= 11 is 0. The van der Waals surface area contributed by atoms with Gasteiger partial charge in [-0.3, -0.25) is 4.79 Å². The number of carbonyl (C=O) groups is 2. The fourth-order valence-electron chi connectivity index (χ4n) is 3.11. The first-order valence-electron chi connectivity index (χ1n) is 9.58. The van der Waals surface area contributed by atoms with Gasteiger partial charge in [0.15, 0.2) is 6.10 Å². The first-order chi connectivity index (χ1) is 12.4. The predicted octanol–water partition coefficient (Wildman–Crippen LogP) is 3.85. The molecular weight excluding hydrogens is 330 g/mol. The van der Waals surface area contributed by atoms with E-state index in [-0.39, 0.29) is 18.1 Å². The van der Waals surface area contributed by atoms with Crippen LogP contribution in [0.15, 0.2) is 24.3 Å². The largest absolute Gasteiger partial charge is 0.449 e. The molecular formula is C21H31NO4. The summed E-state index contributed by atoms with van der Waals surface area (Å²) in [4.78, 5) is 24.6. The van der Waals surface area contributed by atoms with E-state index < -0.39 is 12.1 Å². The molecule has 1 amide bonds. The highest BCUT2D eigenvalue weighted by Gasteiger charge is 2.26. The Balaban J connectivity index is 1.84. The molecule has 0 heterocycles. The number of rotatable bonds is 7. The summed E-state index contributed by atoms with van der Waals surface area (Å²) < 4.78 is 10.9. The van der Waals surface area contributed by atoms with Crippen LogP contribution in [0.4, 0.5) is 0 Å². The molecule has 1 aliphatic carbocycles. The minimum Gasteiger partial charge on any atom is -0.449 e. The van der Waals surface area contributed by atoms with E-state index in [0.29, 0.717) is 18.1 Å². The fourth-order valence-corrected chi connectivity index (χ4v) is 3.11. The maximum atomic E-state index is 12.3. The molecule has 1 fully saturated rings. The van der Waals surface area contributed by atoms with Gasteiger partial charge >= 0.3 is 5.97 Å². The maximum absolute atomic E-state index is 12.3. The summed E-state index contributed by atoms with van der Waals surface area (Å²) in [5, 5.41) is 3.03. The van der Waals surface area contributed by atoms with Crippen molar-refractivity contribution in [2.75, 3.05) is 0 Å². The van der Waals surface area contributed by atoms with Crippen LogP contribution in [0.25, 0.3) is 0 Å². The SMILES string of the molecule is CC(C)OCc1ccc(C(=O)O[C@H](C)C(=O)N[C@@H]2CCCC[C@@H]2C)cc1. The second-order valence-corrected chi connectivity index (χ2v) is 7.48. The number of carbonyl (C=O) groups excluding carboxylic acids is 2. The smallest absolute Gasteiger partial charge is 0.338 e. The Bertz CT molecular complexity index is 597. The average Bonchev–Trinajstić information content (AvgIpc) is 2.62. The van der Waals surface area contributed by atoms with Gasteiger partial charge in [-0.1, -0.05) is 31.9 Å². The number of esters is 1. The molecule has 0 unspecified atom stereocenters. The lowest BCUT2D eigenvalue weighted by Crippen LogP contribution is -2.45. The third-order valence-electron chi connectivity index (χ3n) is 4.87. The monoisotopic (exact) mass is 361 g/mol. The highest BCUT2D eigenvalue weighted by atomic mass is 16.5. The second-order valence-electron chi connectivity index (χ2n) is 7.48. The third kappa shape index (κ3) is 6.13. The minimum absolute atomic E-state index is 0.158. The minimum atomic E-state index is -0.805. The maximum Gasteiger partial charge on any atom is 0.338 e. The Labute approximate surface area is 156 Å². The average molecular weight is 361 g/mol. The summed E-state index contributed by atoms with van der Waals surface area (Å²) in [5.41, 5.74) is 1.43. The van der Waals surface area contributed by atoms with Gasteiger partial charge in [0.05, 0.1) is 18.3 Å². The van der Waals surface area contributed by atoms with Crippen LogP contribution in [0.5, 0.6) is 0 Å². The normalized spacial score (nSPS) is 21.3. The lowest BCUT2D eigenvalue weighted by atomic mass is 9.86. The van der Waals surface area contributed by atoms with Crippen LogP contribution in [-0.2, 0) is 20.9 Å². The molecule has 0 radical (unpaired) electrons. The zero-order chi connectivity index (χ0) is 19.1.